The van der Waals surface area contributed by atoms with Crippen LogP contribution < -0.4 is 4.74 Å². The molecule has 22 heavy (non-hydrogen) atoms. The Labute approximate surface area is 119 Å². The molecule has 2 aromatic heterocycles. The SMILES string of the molecule is Cc1cc(-c2cnc(C(F)(F)F)nc2)c(OC(F)(F)F)cn1. The summed E-state index contributed by atoms with van der Waals surface area (Å²) >= 11 is 0. The molecule has 0 bridgehead atoms. The van der Waals surface area contributed by atoms with Gasteiger partial charge in [-0.15, -0.1) is 13.2 Å². The van der Waals surface area contributed by atoms with Crippen LogP contribution in [0, 0.1) is 6.92 Å². The van der Waals surface area contributed by atoms with Gasteiger partial charge in [0.2, 0.25) is 5.82 Å². The molecule has 0 amide bonds. The molecule has 2 rings (SSSR count). The van der Waals surface area contributed by atoms with Crippen molar-refractivity contribution < 1.29 is 31.1 Å². The van der Waals surface area contributed by atoms with Crippen LogP contribution in [0.5, 0.6) is 5.75 Å². The van der Waals surface area contributed by atoms with Crippen LogP contribution in [0.4, 0.5) is 26.3 Å². The number of pyridine rings is 1. The standard InChI is InChI=1S/C12H7F6N3O/c1-6-2-8(9(5-19-6)22-12(16,17)18)7-3-20-10(21-4-7)11(13,14)15/h2-5H,1H3. The Bertz CT molecular complexity index is 666. The fourth-order valence-corrected chi connectivity index (χ4v) is 1.59. The van der Waals surface area contributed by atoms with Crippen LogP contribution in [-0.4, -0.2) is 21.3 Å². The Hall–Kier alpha value is -2.39. The molecular weight excluding hydrogens is 316 g/mol. The van der Waals surface area contributed by atoms with Crippen molar-refractivity contribution in [1.82, 2.24) is 15.0 Å². The van der Waals surface area contributed by atoms with Crippen LogP contribution in [0.3, 0.4) is 0 Å². The quantitative estimate of drug-likeness (QED) is 0.790. The second-order valence-corrected chi connectivity index (χ2v) is 4.16. The molecule has 2 heterocycles. The molecule has 0 N–H and O–H groups in total. The summed E-state index contributed by atoms with van der Waals surface area (Å²) < 4.78 is 77.9. The summed E-state index contributed by atoms with van der Waals surface area (Å²) in [7, 11) is 0. The Morgan fingerprint density at radius 2 is 1.50 bits per heavy atom. The van der Waals surface area contributed by atoms with Crippen molar-refractivity contribution in [2.24, 2.45) is 0 Å². The van der Waals surface area contributed by atoms with E-state index in [9.17, 15) is 26.3 Å². The van der Waals surface area contributed by atoms with Crippen molar-refractivity contribution in [3.63, 3.8) is 0 Å². The zero-order valence-electron chi connectivity index (χ0n) is 10.8. The van der Waals surface area contributed by atoms with Crippen LogP contribution in [-0.2, 0) is 6.18 Å². The van der Waals surface area contributed by atoms with Crippen molar-refractivity contribution in [1.29, 1.82) is 0 Å². The van der Waals surface area contributed by atoms with E-state index in [0.717, 1.165) is 18.6 Å². The molecule has 0 spiro atoms. The predicted molar refractivity (Wildman–Crippen MR) is 61.7 cm³/mol. The minimum atomic E-state index is -4.96. The van der Waals surface area contributed by atoms with Crippen LogP contribution in [0.25, 0.3) is 11.1 Å². The molecule has 0 aliphatic carbocycles. The largest absolute Gasteiger partial charge is 0.573 e. The molecule has 0 fully saturated rings. The van der Waals surface area contributed by atoms with Gasteiger partial charge in [-0.1, -0.05) is 0 Å². The van der Waals surface area contributed by atoms with Crippen LogP contribution >= 0.6 is 0 Å². The number of aromatic nitrogens is 3. The molecule has 0 aromatic carbocycles. The fourth-order valence-electron chi connectivity index (χ4n) is 1.59. The van der Waals surface area contributed by atoms with Crippen molar-refractivity contribution in [2.45, 2.75) is 19.5 Å². The topological polar surface area (TPSA) is 47.9 Å². The van der Waals surface area contributed by atoms with Crippen molar-refractivity contribution in [3.8, 4) is 16.9 Å². The zero-order chi connectivity index (χ0) is 16.5. The van der Waals surface area contributed by atoms with E-state index in [1.54, 1.807) is 0 Å². The summed E-state index contributed by atoms with van der Waals surface area (Å²) in [5, 5.41) is 0. The maximum atomic E-state index is 12.4. The highest BCUT2D eigenvalue weighted by Crippen LogP contribution is 2.34. The maximum absolute atomic E-state index is 12.4. The molecule has 0 atom stereocenters. The third-order valence-corrected chi connectivity index (χ3v) is 2.45. The number of alkyl halides is 6. The average Bonchev–Trinajstić information content (AvgIpc) is 2.38. The summed E-state index contributed by atoms with van der Waals surface area (Å²) in [6, 6.07) is 1.23. The fraction of sp³-hybridized carbons (Fsp3) is 0.250. The molecule has 0 aliphatic heterocycles. The van der Waals surface area contributed by atoms with E-state index in [4.69, 9.17) is 0 Å². The molecular formula is C12H7F6N3O. The molecule has 2 aromatic rings. The predicted octanol–water partition coefficient (Wildman–Crippen LogP) is 3.76. The minimum Gasteiger partial charge on any atom is -0.403 e. The zero-order valence-corrected chi connectivity index (χ0v) is 10.8. The Balaban J connectivity index is 2.45. The molecule has 10 heteroatoms. The molecule has 0 radical (unpaired) electrons. The van der Waals surface area contributed by atoms with E-state index in [1.807, 2.05) is 0 Å². The van der Waals surface area contributed by atoms with Gasteiger partial charge in [0.1, 0.15) is 0 Å². The highest BCUT2D eigenvalue weighted by molar-refractivity contribution is 5.68. The summed E-state index contributed by atoms with van der Waals surface area (Å²) in [5.41, 5.74) is 0.181. The van der Waals surface area contributed by atoms with Crippen molar-refractivity contribution >= 4 is 0 Å². The third kappa shape index (κ3) is 3.83. The van der Waals surface area contributed by atoms with E-state index in [0.29, 0.717) is 5.69 Å². The number of hydrogen-bond donors (Lipinski definition) is 0. The normalized spacial score (nSPS) is 12.3. The van der Waals surface area contributed by atoms with Gasteiger partial charge in [-0.05, 0) is 13.0 Å². The number of nitrogens with zero attached hydrogens (tertiary/aromatic N) is 3. The Kier molecular flexibility index (Phi) is 3.94. The second kappa shape index (κ2) is 5.43. The maximum Gasteiger partial charge on any atom is 0.573 e. The van der Waals surface area contributed by atoms with E-state index < -0.39 is 24.1 Å². The first-order valence-electron chi connectivity index (χ1n) is 5.68. The average molecular weight is 323 g/mol. The van der Waals surface area contributed by atoms with Gasteiger partial charge in [0.15, 0.2) is 5.75 Å². The van der Waals surface area contributed by atoms with Crippen LogP contribution in [0.2, 0.25) is 0 Å². The van der Waals surface area contributed by atoms with Crippen molar-refractivity contribution in [3.05, 3.63) is 36.2 Å². The van der Waals surface area contributed by atoms with E-state index in [1.165, 1.54) is 13.0 Å². The first kappa shape index (κ1) is 16.0. The lowest BCUT2D eigenvalue weighted by molar-refractivity contribution is -0.274. The monoisotopic (exact) mass is 323 g/mol. The summed E-state index contributed by atoms with van der Waals surface area (Å²) in [6.45, 7) is 1.51. The first-order valence-corrected chi connectivity index (χ1v) is 5.68. The number of rotatable bonds is 2. The number of halogens is 6. The van der Waals surface area contributed by atoms with Crippen molar-refractivity contribution in [2.75, 3.05) is 0 Å². The van der Waals surface area contributed by atoms with E-state index in [2.05, 4.69) is 19.7 Å². The van der Waals surface area contributed by atoms with Gasteiger partial charge in [0.05, 0.1) is 6.20 Å². The Morgan fingerprint density at radius 1 is 0.909 bits per heavy atom. The molecule has 0 saturated carbocycles. The lowest BCUT2D eigenvalue weighted by Crippen LogP contribution is -2.18. The number of ether oxygens (including phenoxy) is 1. The van der Waals surface area contributed by atoms with Gasteiger partial charge in [-0.2, -0.15) is 13.2 Å². The van der Waals surface area contributed by atoms with Crippen LogP contribution in [0.1, 0.15) is 11.5 Å². The molecule has 0 unspecified atom stereocenters. The van der Waals surface area contributed by atoms with Gasteiger partial charge in [-0.25, -0.2) is 9.97 Å². The Morgan fingerprint density at radius 3 is 2.00 bits per heavy atom. The molecule has 0 saturated heterocycles. The molecule has 0 aliphatic rings. The summed E-state index contributed by atoms with van der Waals surface area (Å²) in [6.07, 6.45) is -7.33. The lowest BCUT2D eigenvalue weighted by atomic mass is 10.1. The third-order valence-electron chi connectivity index (χ3n) is 2.45. The number of hydrogen-bond acceptors (Lipinski definition) is 4. The van der Waals surface area contributed by atoms with E-state index in [-0.39, 0.29) is 11.1 Å². The first-order chi connectivity index (χ1) is 10.1. The van der Waals surface area contributed by atoms with Gasteiger partial charge in [-0.3, -0.25) is 4.98 Å². The highest BCUT2D eigenvalue weighted by atomic mass is 19.4. The summed E-state index contributed by atoms with van der Waals surface area (Å²) in [5.74, 6) is -2.04. The van der Waals surface area contributed by atoms with Gasteiger partial charge in [0.25, 0.3) is 0 Å². The second-order valence-electron chi connectivity index (χ2n) is 4.16. The molecule has 118 valence electrons. The minimum absolute atomic E-state index is 0.0576. The van der Waals surface area contributed by atoms with Gasteiger partial charge >= 0.3 is 12.5 Å². The molecule has 4 nitrogen and oxygen atoms in total. The summed E-state index contributed by atoms with van der Waals surface area (Å²) in [4.78, 5) is 9.86. The van der Waals surface area contributed by atoms with Crippen LogP contribution in [0.15, 0.2) is 24.7 Å². The van der Waals surface area contributed by atoms with Gasteiger partial charge < -0.3 is 4.74 Å². The van der Waals surface area contributed by atoms with E-state index >= 15 is 0 Å². The van der Waals surface area contributed by atoms with Gasteiger partial charge in [0, 0.05) is 29.2 Å². The highest BCUT2D eigenvalue weighted by Gasteiger charge is 2.35. The lowest BCUT2D eigenvalue weighted by Gasteiger charge is -2.13. The number of aryl methyl sites for hydroxylation is 1. The smallest absolute Gasteiger partial charge is 0.403 e.